The van der Waals surface area contributed by atoms with E-state index in [-0.39, 0.29) is 13.0 Å². The van der Waals surface area contributed by atoms with Crippen molar-refractivity contribution in [3.63, 3.8) is 0 Å². The molecule has 0 radical (unpaired) electrons. The van der Waals surface area contributed by atoms with Gasteiger partial charge in [0.1, 0.15) is 0 Å². The van der Waals surface area contributed by atoms with Gasteiger partial charge in [-0.05, 0) is 24.6 Å². The van der Waals surface area contributed by atoms with Crippen LogP contribution < -0.4 is 11.1 Å². The maximum absolute atomic E-state index is 12.2. The number of carbonyl (C=O) groups is 2. The van der Waals surface area contributed by atoms with Crippen molar-refractivity contribution in [1.29, 1.82) is 0 Å². The van der Waals surface area contributed by atoms with Crippen LogP contribution in [0.25, 0.3) is 0 Å². The van der Waals surface area contributed by atoms with E-state index in [1.807, 2.05) is 0 Å². The van der Waals surface area contributed by atoms with Gasteiger partial charge in [-0.2, -0.15) is 0 Å². The molecule has 19 heavy (non-hydrogen) atoms. The Hall–Kier alpha value is -2.08. The van der Waals surface area contributed by atoms with Gasteiger partial charge in [-0.3, -0.25) is 4.79 Å². The molecule has 1 heterocycles. The van der Waals surface area contributed by atoms with Crippen molar-refractivity contribution < 1.29 is 19.4 Å². The van der Waals surface area contributed by atoms with E-state index in [0.717, 1.165) is 0 Å². The average Bonchev–Trinajstić information content (AvgIpc) is 2.82. The number of hydrogen-bond acceptors (Lipinski definition) is 4. The van der Waals surface area contributed by atoms with Crippen LogP contribution in [0.3, 0.4) is 0 Å². The first-order chi connectivity index (χ1) is 8.96. The van der Waals surface area contributed by atoms with Crippen LogP contribution in [0.4, 0.5) is 5.69 Å². The smallest absolute Gasteiger partial charge is 0.331 e. The molecule has 6 nitrogen and oxygen atoms in total. The van der Waals surface area contributed by atoms with Crippen molar-refractivity contribution in [2.45, 2.75) is 18.9 Å². The zero-order chi connectivity index (χ0) is 14.0. The molecule has 1 aromatic carbocycles. The third kappa shape index (κ3) is 2.39. The summed E-state index contributed by atoms with van der Waals surface area (Å²) in [6.45, 7) is 2.03. The third-order valence-electron chi connectivity index (χ3n) is 3.40. The highest BCUT2D eigenvalue weighted by atomic mass is 16.5. The van der Waals surface area contributed by atoms with Gasteiger partial charge in [0.05, 0.1) is 6.61 Å². The topological polar surface area (TPSA) is 102 Å². The summed E-state index contributed by atoms with van der Waals surface area (Å²) >= 11 is 0. The van der Waals surface area contributed by atoms with Crippen LogP contribution in [0.5, 0.6) is 0 Å². The lowest BCUT2D eigenvalue weighted by atomic mass is 9.97. The summed E-state index contributed by atoms with van der Waals surface area (Å²) in [4.78, 5) is 23.5. The van der Waals surface area contributed by atoms with Crippen LogP contribution in [0.15, 0.2) is 18.2 Å². The number of nitrogens with two attached hydrogens (primary N) is 1. The van der Waals surface area contributed by atoms with Crippen molar-refractivity contribution in [2.75, 3.05) is 18.9 Å². The fraction of sp³-hybridized carbons (Fsp3) is 0.385. The number of hydrogen-bond donors (Lipinski definition) is 3. The lowest BCUT2D eigenvalue weighted by molar-refractivity contribution is -0.144. The molecule has 0 saturated carbocycles. The molecule has 1 aromatic rings. The molecular weight excluding hydrogens is 248 g/mol. The minimum absolute atomic E-state index is 0.0184. The van der Waals surface area contributed by atoms with E-state index >= 15 is 0 Å². The predicted molar refractivity (Wildman–Crippen MR) is 68.9 cm³/mol. The Kier molecular flexibility index (Phi) is 3.44. The molecule has 2 rings (SSSR count). The van der Waals surface area contributed by atoms with Crippen LogP contribution in [0, 0.1) is 6.92 Å². The minimum Gasteiger partial charge on any atom is -0.479 e. The number of benzene rings is 1. The van der Waals surface area contributed by atoms with Gasteiger partial charge in [0.25, 0.3) is 5.91 Å². The summed E-state index contributed by atoms with van der Waals surface area (Å²) in [5.41, 5.74) is 5.92. The lowest BCUT2D eigenvalue weighted by Gasteiger charge is -2.24. The van der Waals surface area contributed by atoms with Gasteiger partial charge in [0.2, 0.25) is 0 Å². The van der Waals surface area contributed by atoms with E-state index in [1.165, 1.54) is 0 Å². The molecule has 1 amide bonds. The molecule has 1 fully saturated rings. The highest BCUT2D eigenvalue weighted by Gasteiger charge is 2.44. The molecule has 102 valence electrons. The van der Waals surface area contributed by atoms with Crippen molar-refractivity contribution in [3.05, 3.63) is 29.3 Å². The van der Waals surface area contributed by atoms with Crippen molar-refractivity contribution >= 4 is 17.6 Å². The normalized spacial score (nSPS) is 22.2. The second-order valence-electron chi connectivity index (χ2n) is 4.66. The maximum atomic E-state index is 12.2. The number of carboxylic acids is 1. The molecular formula is C13H16N2O4. The molecule has 0 aliphatic carbocycles. The Morgan fingerprint density at radius 1 is 1.47 bits per heavy atom. The first kappa shape index (κ1) is 13.4. The monoisotopic (exact) mass is 264 g/mol. The standard InChI is InChI=1S/C13H16N2O4/c1-8-9(3-2-4-10(8)14)11(16)15-13(12(17)18)5-6-19-7-13/h2-4H,5-7,14H2,1H3,(H,15,16)(H,17,18). The molecule has 4 N–H and O–H groups in total. The van der Waals surface area contributed by atoms with Gasteiger partial charge >= 0.3 is 5.97 Å². The summed E-state index contributed by atoms with van der Waals surface area (Å²) in [5, 5.41) is 11.8. The molecule has 1 aliphatic rings. The van der Waals surface area contributed by atoms with E-state index in [1.54, 1.807) is 25.1 Å². The zero-order valence-corrected chi connectivity index (χ0v) is 10.6. The van der Waals surface area contributed by atoms with E-state index in [0.29, 0.717) is 23.4 Å². The van der Waals surface area contributed by atoms with Gasteiger partial charge < -0.3 is 20.9 Å². The Bertz CT molecular complexity index is 521. The number of anilines is 1. The van der Waals surface area contributed by atoms with E-state index in [4.69, 9.17) is 10.5 Å². The van der Waals surface area contributed by atoms with Gasteiger partial charge in [-0.15, -0.1) is 0 Å². The first-order valence-electron chi connectivity index (χ1n) is 5.95. The number of nitrogens with one attached hydrogen (secondary N) is 1. The summed E-state index contributed by atoms with van der Waals surface area (Å²) in [7, 11) is 0. The molecule has 0 aromatic heterocycles. The molecule has 6 heteroatoms. The quantitative estimate of drug-likeness (QED) is 0.692. The van der Waals surface area contributed by atoms with Gasteiger partial charge in [-0.25, -0.2) is 4.79 Å². The van der Waals surface area contributed by atoms with Crippen LogP contribution in [0.2, 0.25) is 0 Å². The first-order valence-corrected chi connectivity index (χ1v) is 5.95. The highest BCUT2D eigenvalue weighted by molar-refractivity contribution is 6.00. The number of aliphatic carboxylic acids is 1. The number of nitrogen functional groups attached to an aromatic ring is 1. The zero-order valence-electron chi connectivity index (χ0n) is 10.6. The number of carboxylic acid groups (broad SMARTS) is 1. The molecule has 1 aliphatic heterocycles. The fourth-order valence-electron chi connectivity index (χ4n) is 2.07. The maximum Gasteiger partial charge on any atom is 0.331 e. The number of rotatable bonds is 3. The van der Waals surface area contributed by atoms with Crippen LogP contribution in [-0.4, -0.2) is 35.7 Å². The molecule has 1 saturated heterocycles. The summed E-state index contributed by atoms with van der Waals surface area (Å²) in [5.74, 6) is -1.53. The average molecular weight is 264 g/mol. The Labute approximate surface area is 110 Å². The summed E-state index contributed by atoms with van der Waals surface area (Å²) in [6, 6.07) is 4.97. The van der Waals surface area contributed by atoms with Gasteiger partial charge in [0.15, 0.2) is 5.54 Å². The van der Waals surface area contributed by atoms with Crippen LogP contribution in [0.1, 0.15) is 22.3 Å². The van der Waals surface area contributed by atoms with Crippen molar-refractivity contribution in [2.24, 2.45) is 0 Å². The Morgan fingerprint density at radius 2 is 2.21 bits per heavy atom. The lowest BCUT2D eigenvalue weighted by Crippen LogP contribution is -2.55. The van der Waals surface area contributed by atoms with E-state index < -0.39 is 17.4 Å². The van der Waals surface area contributed by atoms with Crippen molar-refractivity contribution in [1.82, 2.24) is 5.32 Å². The summed E-state index contributed by atoms with van der Waals surface area (Å²) in [6.07, 6.45) is 0.259. The SMILES string of the molecule is Cc1c(N)cccc1C(=O)NC1(C(=O)O)CCOC1. The fourth-order valence-corrected chi connectivity index (χ4v) is 2.07. The van der Waals surface area contributed by atoms with E-state index in [2.05, 4.69) is 5.32 Å². The number of ether oxygens (including phenoxy) is 1. The van der Waals surface area contributed by atoms with Crippen molar-refractivity contribution in [3.8, 4) is 0 Å². The Morgan fingerprint density at radius 3 is 2.79 bits per heavy atom. The predicted octanol–water partition coefficient (Wildman–Crippen LogP) is 0.551. The second-order valence-corrected chi connectivity index (χ2v) is 4.66. The summed E-state index contributed by atoms with van der Waals surface area (Å²) < 4.78 is 5.09. The minimum atomic E-state index is -1.34. The van der Waals surface area contributed by atoms with Crippen LogP contribution >= 0.6 is 0 Å². The largest absolute Gasteiger partial charge is 0.479 e. The second kappa shape index (κ2) is 4.89. The molecule has 1 unspecified atom stereocenters. The van der Waals surface area contributed by atoms with Gasteiger partial charge in [-0.1, -0.05) is 6.07 Å². The molecule has 0 spiro atoms. The Balaban J connectivity index is 2.25. The number of carbonyl (C=O) groups excluding carboxylic acids is 1. The molecule has 1 atom stereocenters. The van der Waals surface area contributed by atoms with E-state index in [9.17, 15) is 14.7 Å². The number of amides is 1. The van der Waals surface area contributed by atoms with Gasteiger partial charge in [0, 0.05) is 24.3 Å². The van der Waals surface area contributed by atoms with Crippen LogP contribution in [-0.2, 0) is 9.53 Å². The highest BCUT2D eigenvalue weighted by Crippen LogP contribution is 2.21. The third-order valence-corrected chi connectivity index (χ3v) is 3.40. The molecule has 0 bridgehead atoms.